The van der Waals surface area contributed by atoms with Crippen LogP contribution in [0.25, 0.3) is 0 Å². The van der Waals surface area contributed by atoms with Crippen molar-refractivity contribution in [3.63, 3.8) is 0 Å². The highest BCUT2D eigenvalue weighted by atomic mass is 35.5. The van der Waals surface area contributed by atoms with Gasteiger partial charge in [0.15, 0.2) is 0 Å². The van der Waals surface area contributed by atoms with Crippen molar-refractivity contribution in [1.29, 1.82) is 0 Å². The summed E-state index contributed by atoms with van der Waals surface area (Å²) in [6.07, 6.45) is 2.07. The van der Waals surface area contributed by atoms with E-state index < -0.39 is 5.41 Å². The summed E-state index contributed by atoms with van der Waals surface area (Å²) < 4.78 is 0. The van der Waals surface area contributed by atoms with Crippen LogP contribution in [-0.2, 0) is 16.6 Å². The number of halogens is 1. The van der Waals surface area contributed by atoms with Crippen LogP contribution in [0.3, 0.4) is 0 Å². The number of hydrogen-bond donors (Lipinski definition) is 1. The average molecular weight is 311 g/mol. The van der Waals surface area contributed by atoms with Gasteiger partial charge < -0.3 is 10.2 Å². The van der Waals surface area contributed by atoms with Gasteiger partial charge in [0.2, 0.25) is 5.91 Å². The second-order valence-corrected chi connectivity index (χ2v) is 6.07. The van der Waals surface area contributed by atoms with Crippen molar-refractivity contribution >= 4 is 18.3 Å². The van der Waals surface area contributed by atoms with E-state index in [0.717, 1.165) is 44.6 Å². The number of carbonyl (C=O) groups excluding carboxylic acids is 1. The molecule has 1 heterocycles. The predicted molar refractivity (Wildman–Crippen MR) is 90.2 cm³/mol. The maximum atomic E-state index is 12.8. The van der Waals surface area contributed by atoms with Crippen LogP contribution >= 0.6 is 12.4 Å². The summed E-state index contributed by atoms with van der Waals surface area (Å²) in [6, 6.07) is 8.47. The van der Waals surface area contributed by atoms with Gasteiger partial charge in [-0.3, -0.25) is 4.79 Å². The summed E-state index contributed by atoms with van der Waals surface area (Å²) in [5.74, 6) is 0.241. The van der Waals surface area contributed by atoms with Gasteiger partial charge in [-0.25, -0.2) is 0 Å². The number of aryl methyl sites for hydroxylation is 1. The Kier molecular flexibility index (Phi) is 6.69. The summed E-state index contributed by atoms with van der Waals surface area (Å²) in [5.41, 5.74) is 1.98. The molecule has 0 saturated carbocycles. The zero-order valence-electron chi connectivity index (χ0n) is 13.3. The Morgan fingerprint density at radius 1 is 1.19 bits per heavy atom. The largest absolute Gasteiger partial charge is 0.341 e. The third kappa shape index (κ3) is 4.21. The molecule has 0 atom stereocenters. The molecule has 21 heavy (non-hydrogen) atoms. The first-order valence-corrected chi connectivity index (χ1v) is 7.65. The lowest BCUT2D eigenvalue weighted by Crippen LogP contribution is -2.44. The van der Waals surface area contributed by atoms with Gasteiger partial charge in [-0.2, -0.15) is 0 Å². The Hall–Kier alpha value is -1.06. The maximum Gasteiger partial charge on any atom is 0.232 e. The van der Waals surface area contributed by atoms with E-state index in [-0.39, 0.29) is 18.3 Å². The number of rotatable bonds is 3. The normalized spacial score (nSPS) is 16.0. The van der Waals surface area contributed by atoms with E-state index >= 15 is 0 Å². The van der Waals surface area contributed by atoms with Gasteiger partial charge in [0, 0.05) is 19.6 Å². The first kappa shape index (κ1) is 18.0. The van der Waals surface area contributed by atoms with Crippen LogP contribution in [0, 0.1) is 0 Å². The fourth-order valence-electron chi connectivity index (χ4n) is 2.72. The Balaban J connectivity index is 0.00000220. The number of benzene rings is 1. The lowest BCUT2D eigenvalue weighted by atomic mass is 9.82. The smallest absolute Gasteiger partial charge is 0.232 e. The average Bonchev–Trinajstić information content (AvgIpc) is 2.75. The van der Waals surface area contributed by atoms with Crippen LogP contribution in [0.1, 0.15) is 38.3 Å². The van der Waals surface area contributed by atoms with Crippen molar-refractivity contribution in [3.05, 3.63) is 35.4 Å². The molecule has 0 radical (unpaired) electrons. The minimum Gasteiger partial charge on any atom is -0.341 e. The SMILES string of the molecule is CCc1ccc(C(C)(C)C(=O)N2CCCNCC2)cc1.Cl. The second-order valence-electron chi connectivity index (χ2n) is 6.07. The molecule has 118 valence electrons. The molecule has 1 N–H and O–H groups in total. The first-order valence-electron chi connectivity index (χ1n) is 7.65. The van der Waals surface area contributed by atoms with Crippen molar-refractivity contribution in [2.24, 2.45) is 0 Å². The van der Waals surface area contributed by atoms with Gasteiger partial charge in [-0.15, -0.1) is 12.4 Å². The van der Waals surface area contributed by atoms with E-state index in [1.54, 1.807) is 0 Å². The van der Waals surface area contributed by atoms with Crippen molar-refractivity contribution in [3.8, 4) is 0 Å². The molecule has 2 rings (SSSR count). The van der Waals surface area contributed by atoms with Crippen LogP contribution in [-0.4, -0.2) is 37.0 Å². The van der Waals surface area contributed by atoms with Gasteiger partial charge in [0.25, 0.3) is 0 Å². The lowest BCUT2D eigenvalue weighted by molar-refractivity contribution is -0.136. The molecular formula is C17H27ClN2O. The quantitative estimate of drug-likeness (QED) is 0.931. The molecule has 0 aromatic heterocycles. The molecular weight excluding hydrogens is 284 g/mol. The van der Waals surface area contributed by atoms with Gasteiger partial charge in [0.05, 0.1) is 5.41 Å². The molecule has 1 fully saturated rings. The number of carbonyl (C=O) groups is 1. The summed E-state index contributed by atoms with van der Waals surface area (Å²) in [7, 11) is 0. The van der Waals surface area contributed by atoms with Crippen molar-refractivity contribution in [2.45, 2.75) is 39.0 Å². The molecule has 3 nitrogen and oxygen atoms in total. The second kappa shape index (κ2) is 7.81. The Bertz CT molecular complexity index is 448. The highest BCUT2D eigenvalue weighted by Gasteiger charge is 2.33. The molecule has 1 aliphatic heterocycles. The first-order chi connectivity index (χ1) is 9.55. The topological polar surface area (TPSA) is 32.3 Å². The summed E-state index contributed by atoms with van der Waals surface area (Å²) in [4.78, 5) is 14.8. The van der Waals surface area contributed by atoms with Gasteiger partial charge >= 0.3 is 0 Å². The molecule has 0 unspecified atom stereocenters. The van der Waals surface area contributed by atoms with E-state index in [1.165, 1.54) is 5.56 Å². The minimum atomic E-state index is -0.448. The zero-order valence-corrected chi connectivity index (χ0v) is 14.1. The molecule has 1 aromatic carbocycles. The third-order valence-electron chi connectivity index (χ3n) is 4.25. The Labute approximate surface area is 134 Å². The number of nitrogens with zero attached hydrogens (tertiary/aromatic N) is 1. The van der Waals surface area contributed by atoms with E-state index in [0.29, 0.717) is 0 Å². The predicted octanol–water partition coefficient (Wildman–Crippen LogP) is 2.77. The summed E-state index contributed by atoms with van der Waals surface area (Å²) in [6.45, 7) is 9.81. The fourth-order valence-corrected chi connectivity index (χ4v) is 2.72. The highest BCUT2D eigenvalue weighted by Crippen LogP contribution is 2.26. The van der Waals surface area contributed by atoms with Crippen molar-refractivity contribution in [2.75, 3.05) is 26.2 Å². The van der Waals surface area contributed by atoms with E-state index in [4.69, 9.17) is 0 Å². The lowest BCUT2D eigenvalue weighted by Gasteiger charge is -2.31. The monoisotopic (exact) mass is 310 g/mol. The minimum absolute atomic E-state index is 0. The number of hydrogen-bond acceptors (Lipinski definition) is 2. The third-order valence-corrected chi connectivity index (χ3v) is 4.25. The molecule has 1 amide bonds. The molecule has 1 saturated heterocycles. The molecule has 1 aliphatic rings. The molecule has 0 bridgehead atoms. The van der Waals surface area contributed by atoms with Crippen molar-refractivity contribution in [1.82, 2.24) is 10.2 Å². The Morgan fingerprint density at radius 3 is 2.48 bits per heavy atom. The fraction of sp³-hybridized carbons (Fsp3) is 0.588. The van der Waals surface area contributed by atoms with Crippen LogP contribution < -0.4 is 5.32 Å². The van der Waals surface area contributed by atoms with Gasteiger partial charge in [-0.1, -0.05) is 31.2 Å². The standard InChI is InChI=1S/C17H26N2O.ClH/c1-4-14-6-8-15(9-7-14)17(2,3)16(20)19-12-5-10-18-11-13-19;/h6-9,18H,4-5,10-13H2,1-3H3;1H. The number of amides is 1. The summed E-state index contributed by atoms with van der Waals surface area (Å²) >= 11 is 0. The number of nitrogens with one attached hydrogen (secondary N) is 1. The van der Waals surface area contributed by atoms with Crippen LogP contribution in [0.5, 0.6) is 0 Å². The van der Waals surface area contributed by atoms with Crippen LogP contribution in [0.2, 0.25) is 0 Å². The van der Waals surface area contributed by atoms with Crippen molar-refractivity contribution < 1.29 is 4.79 Å². The molecule has 1 aromatic rings. The molecule has 0 aliphatic carbocycles. The molecule has 4 heteroatoms. The maximum absolute atomic E-state index is 12.8. The van der Waals surface area contributed by atoms with Crippen LogP contribution in [0.15, 0.2) is 24.3 Å². The Morgan fingerprint density at radius 2 is 1.86 bits per heavy atom. The van der Waals surface area contributed by atoms with Crippen LogP contribution in [0.4, 0.5) is 0 Å². The highest BCUT2D eigenvalue weighted by molar-refractivity contribution is 5.87. The van der Waals surface area contributed by atoms with E-state index in [1.807, 2.05) is 18.7 Å². The van der Waals surface area contributed by atoms with Gasteiger partial charge in [0.1, 0.15) is 0 Å². The van der Waals surface area contributed by atoms with E-state index in [9.17, 15) is 4.79 Å². The summed E-state index contributed by atoms with van der Waals surface area (Å²) in [5, 5.41) is 3.34. The zero-order chi connectivity index (χ0) is 14.6. The molecule has 0 spiro atoms. The van der Waals surface area contributed by atoms with Gasteiger partial charge in [-0.05, 0) is 44.4 Å². The van der Waals surface area contributed by atoms with E-state index in [2.05, 4.69) is 36.5 Å².